The van der Waals surface area contributed by atoms with Gasteiger partial charge in [-0.05, 0) is 190 Å². The third kappa shape index (κ3) is 25.5. The molecule has 0 amide bonds. The number of ether oxygens (including phenoxy) is 2. The number of methoxy groups -OCH3 is 2. The van der Waals surface area contributed by atoms with Crippen molar-refractivity contribution in [2.45, 2.75) is 178 Å². The number of nitrogens with zero attached hydrogens (tertiary/aromatic N) is 20. The third-order valence-electron chi connectivity index (χ3n) is 24.5. The fraction of sp³-hybridized carbons (Fsp3) is 0.561. The Kier molecular flexibility index (Phi) is 32.8. The molecule has 10 N–H and O–H groups in total. The van der Waals surface area contributed by atoms with Crippen LogP contribution in [0.15, 0.2) is 98.4 Å². The van der Waals surface area contributed by atoms with Crippen molar-refractivity contribution in [1.29, 1.82) is 0 Å². The van der Waals surface area contributed by atoms with E-state index < -0.39 is 19.7 Å². The maximum absolute atomic E-state index is 11.4. The molecule has 0 radical (unpaired) electrons. The molecule has 8 aromatic rings. The highest BCUT2D eigenvalue weighted by Crippen LogP contribution is 2.37. The van der Waals surface area contributed by atoms with Gasteiger partial charge in [0.2, 0.25) is 58.8 Å². The molecule has 124 heavy (non-hydrogen) atoms. The van der Waals surface area contributed by atoms with Crippen molar-refractivity contribution >= 4 is 93.0 Å². The van der Waals surface area contributed by atoms with Crippen molar-refractivity contribution in [3.63, 3.8) is 0 Å². The smallest absolute Gasteiger partial charge is 0.329 e. The molecule has 42 heteroatoms. The third-order valence-corrected chi connectivity index (χ3v) is 25.3. The van der Waals surface area contributed by atoms with Gasteiger partial charge in [-0.1, -0.05) is 35.3 Å². The molecule has 0 aromatic carbocycles. The number of pyridine rings is 4. The van der Waals surface area contributed by atoms with E-state index in [1.807, 2.05) is 24.3 Å². The first-order chi connectivity index (χ1) is 60.3. The summed E-state index contributed by atoms with van der Waals surface area (Å²) in [6.45, 7) is 12.2. The lowest BCUT2D eigenvalue weighted by atomic mass is 9.84. The van der Waals surface area contributed by atoms with Crippen molar-refractivity contribution in [3.05, 3.63) is 171 Å². The zero-order chi connectivity index (χ0) is 86.9. The molecule has 16 rings (SSSR count). The van der Waals surface area contributed by atoms with Crippen LogP contribution in [0, 0.1) is 64.1 Å². The number of anilines is 8. The Hall–Kier alpha value is -11.1. The van der Waals surface area contributed by atoms with Crippen LogP contribution in [0.3, 0.4) is 0 Å². The number of aliphatic hydroxyl groups excluding tert-OH is 2. The van der Waals surface area contributed by atoms with Gasteiger partial charge in [0.05, 0.1) is 46.1 Å². The number of nitro groups is 4. The molecule has 4 aliphatic carbocycles. The Morgan fingerprint density at radius 1 is 0.371 bits per heavy atom. The standard InChI is InChI=1S/C21H29N7O4.C21H29N7O3.C20H26ClN7O3.C20H26ClN7O2/c1-32-20-15(3-2-8-22-20)10-24-21-25-11-18(28(30)31)19(26-21)23-9-14-4-6-16(7-5-14)27-12-17(29)13-27;1-31-20-16(4-2-9-22-20)13-24-21-25-14-18(28(29)30)19(26-21)23-12-15-5-7-17(8-6-15)27-10-3-11-27;21-17-5-6-22-8-14(17)9-24-20-25-10-18(28(30)31)19(26-20)23-7-13-1-3-15(4-2-13)27-11-16(29)12-27;21-17-6-7-22-11-15(17)12-24-20-25-13-18(28(29)30)19(26-20)23-10-14-2-4-16(5-3-14)27-8-1-9-27/h2-3,8,11,14,16-17,29H,4-7,9-10,12-13H2,1H3,(H2,23,24,25,26);2,4,9,14-15,17H,3,5-8,10-13H2,1H3,(H2,23,24,25,26);5-6,8,10,13,15-16,29H,1-4,7,9,11-12H2,(H2,23,24,25,26);6-7,11,13-14,16H,1-5,8-10,12H2,(H2,23,24,25,26). The molecule has 8 aliphatic rings. The topological polar surface area (TPSA) is 495 Å². The van der Waals surface area contributed by atoms with E-state index in [-0.39, 0.29) is 64.2 Å². The first-order valence-electron chi connectivity index (χ1n) is 42.7. The van der Waals surface area contributed by atoms with Crippen molar-refractivity contribution in [2.24, 2.45) is 23.7 Å². The minimum absolute atomic E-state index is 0.112. The predicted molar refractivity (Wildman–Crippen MR) is 469 cm³/mol. The molecule has 4 saturated carbocycles. The molecule has 12 heterocycles. The molecule has 0 spiro atoms. The Bertz CT molecular complexity index is 4820. The van der Waals surface area contributed by atoms with E-state index in [0.717, 1.165) is 138 Å². The molecule has 40 nitrogen and oxygen atoms in total. The largest absolute Gasteiger partial charge is 0.481 e. The predicted octanol–water partition coefficient (Wildman–Crippen LogP) is 11.5. The fourth-order valence-electron chi connectivity index (χ4n) is 17.0. The second-order valence-corrected chi connectivity index (χ2v) is 33.5. The van der Waals surface area contributed by atoms with Gasteiger partial charge in [-0.2, -0.15) is 19.9 Å². The van der Waals surface area contributed by atoms with Crippen molar-refractivity contribution in [3.8, 4) is 11.8 Å². The second kappa shape index (κ2) is 45.0. The molecule has 0 unspecified atom stereocenters. The Morgan fingerprint density at radius 2 is 0.645 bits per heavy atom. The minimum Gasteiger partial charge on any atom is -0.481 e. The first kappa shape index (κ1) is 90.6. The van der Waals surface area contributed by atoms with Crippen LogP contribution >= 0.6 is 23.2 Å². The number of hydrogen-bond donors (Lipinski definition) is 10. The van der Waals surface area contributed by atoms with Gasteiger partial charge < -0.3 is 72.0 Å². The van der Waals surface area contributed by atoms with Gasteiger partial charge in [-0.3, -0.25) is 60.2 Å². The lowest BCUT2D eigenvalue weighted by Crippen LogP contribution is -2.56. The molecule has 664 valence electrons. The molecular weight excluding hydrogens is 1640 g/mol. The summed E-state index contributed by atoms with van der Waals surface area (Å²) in [5.74, 6) is 5.04. The van der Waals surface area contributed by atoms with E-state index in [0.29, 0.717) is 128 Å². The number of hydrogen-bond acceptors (Lipinski definition) is 36. The minimum atomic E-state index is -0.476. The van der Waals surface area contributed by atoms with Crippen LogP contribution in [0.25, 0.3) is 0 Å². The van der Waals surface area contributed by atoms with Crippen LogP contribution in [0.4, 0.5) is 69.8 Å². The lowest BCUT2D eigenvalue weighted by molar-refractivity contribution is -0.384. The van der Waals surface area contributed by atoms with Gasteiger partial charge in [-0.15, -0.1) is 0 Å². The van der Waals surface area contributed by atoms with Crippen molar-refractivity contribution in [2.75, 3.05) is 135 Å². The molecule has 4 saturated heterocycles. The SMILES string of the molecule is COc1ncccc1CNc1ncc([N+](=O)[O-])c(NCC2CCC(N3CC(O)C3)CC2)n1.COc1ncccc1CNc1ncc([N+](=O)[O-])c(NCC2CCC(N3CCC3)CC2)n1.O=[N+]([O-])c1cnc(NCc2cnccc2Cl)nc1NCC1CCC(N2CC(O)C2)CC1.O=[N+]([O-])c1cnc(NCc2cnccc2Cl)nc1NCC1CCC(N2CCC2)CC1. The summed E-state index contributed by atoms with van der Waals surface area (Å²) in [5.41, 5.74) is 2.75. The zero-order valence-corrected chi connectivity index (χ0v) is 71.2. The average Bonchev–Trinajstić information content (AvgIpc) is 0.830. The quantitative estimate of drug-likeness (QED) is 0.0132. The summed E-state index contributed by atoms with van der Waals surface area (Å²) < 4.78 is 10.5. The van der Waals surface area contributed by atoms with Gasteiger partial charge in [0.1, 0.15) is 24.8 Å². The first-order valence-corrected chi connectivity index (χ1v) is 43.4. The van der Waals surface area contributed by atoms with Gasteiger partial charge >= 0.3 is 22.7 Å². The van der Waals surface area contributed by atoms with E-state index in [2.05, 4.69) is 122 Å². The van der Waals surface area contributed by atoms with E-state index in [9.17, 15) is 50.7 Å². The molecule has 4 aliphatic heterocycles. The Labute approximate surface area is 728 Å². The average molecular weight is 1750 g/mol. The number of aliphatic hydroxyl groups is 2. The zero-order valence-electron chi connectivity index (χ0n) is 69.7. The molecule has 0 bridgehead atoms. The lowest BCUT2D eigenvalue weighted by Gasteiger charge is -2.44. The van der Waals surface area contributed by atoms with Crippen LogP contribution in [-0.4, -0.2) is 238 Å². The van der Waals surface area contributed by atoms with Crippen LogP contribution in [-0.2, 0) is 26.2 Å². The molecule has 0 atom stereocenters. The number of rotatable bonds is 34. The molecule has 8 fully saturated rings. The normalized spacial score (nSPS) is 21.6. The number of β-amino-alcohol motifs (C(OH)–C–C–N with tert-alkyl or cyclic N) is 2. The van der Waals surface area contributed by atoms with E-state index in [4.69, 9.17) is 32.7 Å². The number of halogens is 2. The van der Waals surface area contributed by atoms with E-state index in [1.165, 1.54) is 89.5 Å². The summed E-state index contributed by atoms with van der Waals surface area (Å²) >= 11 is 12.3. The maximum Gasteiger partial charge on any atom is 0.329 e. The summed E-state index contributed by atoms with van der Waals surface area (Å²) in [6, 6.07) is 13.3. The van der Waals surface area contributed by atoms with E-state index >= 15 is 0 Å². The maximum atomic E-state index is 11.4. The molecule has 8 aromatic heterocycles. The Balaban J connectivity index is 0.000000142. The van der Waals surface area contributed by atoms with Crippen molar-refractivity contribution < 1.29 is 39.4 Å². The number of aromatic nitrogens is 12. The van der Waals surface area contributed by atoms with Crippen LogP contribution in [0.1, 0.15) is 138 Å². The number of likely N-dealkylation sites (tertiary alicyclic amines) is 4. The summed E-state index contributed by atoms with van der Waals surface area (Å²) in [4.78, 5) is 104. The monoisotopic (exact) mass is 1750 g/mol. The highest BCUT2D eigenvalue weighted by atomic mass is 35.5. The van der Waals surface area contributed by atoms with Gasteiger partial charge in [0.15, 0.2) is 0 Å². The van der Waals surface area contributed by atoms with Gasteiger partial charge in [0, 0.05) is 172 Å². The fourth-order valence-corrected chi connectivity index (χ4v) is 17.3. The Morgan fingerprint density at radius 3 is 0.887 bits per heavy atom. The van der Waals surface area contributed by atoms with E-state index in [1.54, 1.807) is 63.5 Å². The van der Waals surface area contributed by atoms with Crippen molar-refractivity contribution in [1.82, 2.24) is 79.4 Å². The summed E-state index contributed by atoms with van der Waals surface area (Å²) in [7, 11) is 3.12. The van der Waals surface area contributed by atoms with Crippen LogP contribution < -0.4 is 52.0 Å². The van der Waals surface area contributed by atoms with Gasteiger partial charge in [0.25, 0.3) is 0 Å². The van der Waals surface area contributed by atoms with Crippen LogP contribution in [0.5, 0.6) is 11.8 Å². The van der Waals surface area contributed by atoms with Gasteiger partial charge in [-0.25, -0.2) is 29.9 Å². The summed E-state index contributed by atoms with van der Waals surface area (Å²) in [5, 5.41) is 90.9. The molecular formula is C82H110Cl2N28O12. The van der Waals surface area contributed by atoms with Crippen LogP contribution in [0.2, 0.25) is 10.0 Å². The summed E-state index contributed by atoms with van der Waals surface area (Å²) in [6.07, 6.45) is 35.0. The second-order valence-electron chi connectivity index (χ2n) is 32.6. The highest BCUT2D eigenvalue weighted by molar-refractivity contribution is 6.31. The highest BCUT2D eigenvalue weighted by Gasteiger charge is 2.37. The number of nitrogens with one attached hydrogen (secondary N) is 8.